The van der Waals surface area contributed by atoms with E-state index in [0.29, 0.717) is 17.0 Å². The first-order chi connectivity index (χ1) is 13.9. The number of rotatable bonds is 5. The molecular weight excluding hydrogens is 462 g/mol. The average molecular weight is 473 g/mol. The molecule has 3 rings (SSSR count). The van der Waals surface area contributed by atoms with Gasteiger partial charge in [0.05, 0.1) is 9.95 Å². The number of halogens is 2. The predicted molar refractivity (Wildman–Crippen MR) is 112 cm³/mol. The van der Waals surface area contributed by atoms with Gasteiger partial charge < -0.3 is 9.73 Å². The smallest absolute Gasteiger partial charge is 0.270 e. The van der Waals surface area contributed by atoms with E-state index in [1.807, 2.05) is 12.1 Å². The van der Waals surface area contributed by atoms with Crippen LogP contribution in [0, 0.1) is 21.4 Å². The molecule has 0 unspecified atom stereocenters. The maximum atomic E-state index is 12.3. The van der Waals surface area contributed by atoms with Crippen LogP contribution in [0.15, 0.2) is 69.1 Å². The highest BCUT2D eigenvalue weighted by Gasteiger charge is 2.15. The summed E-state index contributed by atoms with van der Waals surface area (Å²) < 4.78 is 6.42. The van der Waals surface area contributed by atoms with Crippen LogP contribution < -0.4 is 5.32 Å². The number of hydrogen-bond donors (Lipinski definition) is 1. The van der Waals surface area contributed by atoms with Crippen molar-refractivity contribution < 1.29 is 14.1 Å². The maximum Gasteiger partial charge on any atom is 0.270 e. The number of nitrogens with one attached hydrogen (secondary N) is 1. The molecular formula is C20H11BrClN3O4. The first-order valence-corrected chi connectivity index (χ1v) is 9.27. The highest BCUT2D eigenvalue weighted by Crippen LogP contribution is 2.32. The van der Waals surface area contributed by atoms with E-state index in [-0.39, 0.29) is 22.0 Å². The number of furan rings is 1. The van der Waals surface area contributed by atoms with Gasteiger partial charge in [-0.2, -0.15) is 5.26 Å². The van der Waals surface area contributed by atoms with Crippen molar-refractivity contribution in [1.29, 1.82) is 5.26 Å². The Morgan fingerprint density at radius 3 is 2.69 bits per heavy atom. The van der Waals surface area contributed by atoms with E-state index < -0.39 is 10.8 Å². The number of carbonyl (C=O) groups is 1. The van der Waals surface area contributed by atoms with E-state index in [9.17, 15) is 20.2 Å². The van der Waals surface area contributed by atoms with Gasteiger partial charge in [0.15, 0.2) is 0 Å². The number of nitro benzene ring substituents is 1. The van der Waals surface area contributed by atoms with Crippen molar-refractivity contribution in [2.24, 2.45) is 0 Å². The van der Waals surface area contributed by atoms with E-state index in [2.05, 4.69) is 21.2 Å². The molecule has 7 nitrogen and oxygen atoms in total. The molecule has 2 aromatic carbocycles. The van der Waals surface area contributed by atoms with Gasteiger partial charge >= 0.3 is 0 Å². The van der Waals surface area contributed by atoms with Crippen molar-refractivity contribution in [3.8, 4) is 17.4 Å². The molecule has 0 aliphatic rings. The Bertz CT molecular complexity index is 1180. The van der Waals surface area contributed by atoms with Crippen molar-refractivity contribution in [2.45, 2.75) is 0 Å². The Labute approximate surface area is 178 Å². The zero-order valence-corrected chi connectivity index (χ0v) is 16.9. The normalized spacial score (nSPS) is 11.0. The molecule has 0 saturated heterocycles. The monoisotopic (exact) mass is 471 g/mol. The topological polar surface area (TPSA) is 109 Å². The van der Waals surface area contributed by atoms with Gasteiger partial charge in [0, 0.05) is 33.9 Å². The van der Waals surface area contributed by atoms with Crippen LogP contribution >= 0.6 is 27.5 Å². The van der Waals surface area contributed by atoms with Crippen molar-refractivity contribution in [3.05, 3.63) is 85.5 Å². The number of nitrogens with zero attached hydrogens (tertiary/aromatic N) is 2. The minimum Gasteiger partial charge on any atom is -0.457 e. The lowest BCUT2D eigenvalue weighted by molar-refractivity contribution is -0.384. The van der Waals surface area contributed by atoms with Crippen LogP contribution in [0.1, 0.15) is 5.76 Å². The molecule has 0 saturated carbocycles. The second-order valence-corrected chi connectivity index (χ2v) is 7.08. The fraction of sp³-hybridized carbons (Fsp3) is 0. The molecule has 1 heterocycles. The summed E-state index contributed by atoms with van der Waals surface area (Å²) in [7, 11) is 0. The van der Waals surface area contributed by atoms with E-state index in [4.69, 9.17) is 16.0 Å². The lowest BCUT2D eigenvalue weighted by Gasteiger charge is -2.04. The lowest BCUT2D eigenvalue weighted by atomic mass is 10.1. The zero-order valence-electron chi connectivity index (χ0n) is 14.6. The third kappa shape index (κ3) is 4.90. The molecule has 0 aliphatic carbocycles. The van der Waals surface area contributed by atoms with Gasteiger partial charge in [-0.1, -0.05) is 33.6 Å². The van der Waals surface area contributed by atoms with Gasteiger partial charge in [-0.25, -0.2) is 0 Å². The van der Waals surface area contributed by atoms with Crippen LogP contribution in [0.4, 0.5) is 11.4 Å². The van der Waals surface area contributed by atoms with E-state index in [1.165, 1.54) is 24.3 Å². The van der Waals surface area contributed by atoms with E-state index in [0.717, 1.165) is 4.47 Å². The second kappa shape index (κ2) is 8.73. The molecule has 0 spiro atoms. The predicted octanol–water partition coefficient (Wildman–Crippen LogP) is 5.82. The van der Waals surface area contributed by atoms with Crippen LogP contribution in [0.2, 0.25) is 5.02 Å². The average Bonchev–Trinajstić information content (AvgIpc) is 3.14. The molecule has 1 amide bonds. The first kappa shape index (κ1) is 20.3. The van der Waals surface area contributed by atoms with Crippen LogP contribution in [0.3, 0.4) is 0 Å². The Kier molecular flexibility index (Phi) is 6.12. The first-order valence-electron chi connectivity index (χ1n) is 8.10. The zero-order chi connectivity index (χ0) is 21.0. The molecule has 1 N–H and O–H groups in total. The summed E-state index contributed by atoms with van der Waals surface area (Å²) >= 11 is 9.41. The number of non-ortho nitro benzene ring substituents is 1. The Balaban J connectivity index is 1.83. The number of hydrogen-bond acceptors (Lipinski definition) is 5. The summed E-state index contributed by atoms with van der Waals surface area (Å²) in [6, 6.07) is 16.0. The number of nitro groups is 1. The SMILES string of the molecule is N#C/C(=C/c1ccc(-c2ccc([N+](=O)[O-])cc2Cl)o1)C(=O)Nc1cccc(Br)c1. The van der Waals surface area contributed by atoms with Gasteiger partial charge in [0.2, 0.25) is 0 Å². The van der Waals surface area contributed by atoms with Crippen molar-refractivity contribution in [3.63, 3.8) is 0 Å². The lowest BCUT2D eigenvalue weighted by Crippen LogP contribution is -2.13. The minimum absolute atomic E-state index is 0.138. The number of benzene rings is 2. The molecule has 3 aromatic rings. The molecule has 0 fully saturated rings. The van der Waals surface area contributed by atoms with Gasteiger partial charge in [-0.3, -0.25) is 14.9 Å². The van der Waals surface area contributed by atoms with Gasteiger partial charge in [0.1, 0.15) is 23.2 Å². The second-order valence-electron chi connectivity index (χ2n) is 5.76. The molecule has 0 aliphatic heterocycles. The molecule has 144 valence electrons. The van der Waals surface area contributed by atoms with Crippen LogP contribution in [0.25, 0.3) is 17.4 Å². The van der Waals surface area contributed by atoms with Crippen LogP contribution in [0.5, 0.6) is 0 Å². The van der Waals surface area contributed by atoms with Crippen molar-refractivity contribution >= 4 is 50.9 Å². The van der Waals surface area contributed by atoms with Crippen molar-refractivity contribution in [1.82, 2.24) is 0 Å². The number of nitriles is 1. The molecule has 0 atom stereocenters. The maximum absolute atomic E-state index is 12.3. The van der Waals surface area contributed by atoms with Gasteiger partial charge in [-0.15, -0.1) is 0 Å². The molecule has 1 aromatic heterocycles. The summed E-state index contributed by atoms with van der Waals surface area (Å²) in [6.45, 7) is 0. The summed E-state index contributed by atoms with van der Waals surface area (Å²) in [5.41, 5.74) is 0.694. The third-order valence-electron chi connectivity index (χ3n) is 3.79. The standard InChI is InChI=1S/C20H11BrClN3O4/c21-13-2-1-3-14(9-13)24-20(26)12(11-23)8-16-5-7-19(29-16)17-6-4-15(25(27)28)10-18(17)22/h1-10H,(H,24,26)/b12-8-. The summed E-state index contributed by atoms with van der Waals surface area (Å²) in [5.74, 6) is 0.0214. The Morgan fingerprint density at radius 2 is 2.03 bits per heavy atom. The highest BCUT2D eigenvalue weighted by molar-refractivity contribution is 9.10. The van der Waals surface area contributed by atoms with Gasteiger partial charge in [-0.05, 0) is 36.4 Å². The fourth-order valence-electron chi connectivity index (χ4n) is 2.45. The Hall–Kier alpha value is -3.41. The Morgan fingerprint density at radius 1 is 1.24 bits per heavy atom. The summed E-state index contributed by atoms with van der Waals surface area (Å²) in [4.78, 5) is 22.6. The van der Waals surface area contributed by atoms with Gasteiger partial charge in [0.25, 0.3) is 11.6 Å². The van der Waals surface area contributed by atoms with Crippen LogP contribution in [-0.4, -0.2) is 10.8 Å². The van der Waals surface area contributed by atoms with Crippen molar-refractivity contribution in [2.75, 3.05) is 5.32 Å². The summed E-state index contributed by atoms with van der Waals surface area (Å²) in [6.07, 6.45) is 1.30. The molecule has 29 heavy (non-hydrogen) atoms. The quantitative estimate of drug-likeness (QED) is 0.218. The molecule has 9 heteroatoms. The number of anilines is 1. The number of carbonyl (C=O) groups excluding carboxylic acids is 1. The molecule has 0 bridgehead atoms. The third-order valence-corrected chi connectivity index (χ3v) is 4.60. The largest absolute Gasteiger partial charge is 0.457 e. The summed E-state index contributed by atoms with van der Waals surface area (Å²) in [5, 5.41) is 22.9. The van der Waals surface area contributed by atoms with E-state index in [1.54, 1.807) is 30.3 Å². The van der Waals surface area contributed by atoms with Crippen LogP contribution in [-0.2, 0) is 4.79 Å². The fourth-order valence-corrected chi connectivity index (χ4v) is 3.12. The van der Waals surface area contributed by atoms with E-state index >= 15 is 0 Å². The number of amides is 1. The highest BCUT2D eigenvalue weighted by atomic mass is 79.9. The minimum atomic E-state index is -0.586. The molecule has 0 radical (unpaired) electrons.